The maximum atomic E-state index is 13.2. The highest BCUT2D eigenvalue weighted by molar-refractivity contribution is 7.13. The first-order valence-electron chi connectivity index (χ1n) is 6.13. The number of thiazole rings is 1. The first kappa shape index (κ1) is 14.5. The van der Waals surface area contributed by atoms with Gasteiger partial charge in [0.15, 0.2) is 5.13 Å². The number of aromatic nitrogens is 1. The molecule has 2 aromatic rings. The normalized spacial score (nSPS) is 10.3. The van der Waals surface area contributed by atoms with E-state index >= 15 is 0 Å². The molecular formula is C14H15FN2O2S. The van der Waals surface area contributed by atoms with Crippen LogP contribution in [0.2, 0.25) is 0 Å². The van der Waals surface area contributed by atoms with Crippen molar-refractivity contribution in [3.05, 3.63) is 40.7 Å². The van der Waals surface area contributed by atoms with Crippen LogP contribution in [-0.4, -0.2) is 18.1 Å². The summed E-state index contributed by atoms with van der Waals surface area (Å²) in [5.41, 5.74) is 2.21. The molecule has 0 radical (unpaired) electrons. The van der Waals surface area contributed by atoms with Gasteiger partial charge in [0.05, 0.1) is 19.2 Å². The Balaban J connectivity index is 1.98. The fourth-order valence-corrected chi connectivity index (χ4v) is 2.42. The number of anilines is 2. The molecule has 1 aromatic heterocycles. The number of esters is 1. The number of carbonyl (C=O) groups excluding carboxylic acids is 1. The Kier molecular flexibility index (Phi) is 4.68. The summed E-state index contributed by atoms with van der Waals surface area (Å²) >= 11 is 1.45. The van der Waals surface area contributed by atoms with E-state index in [1.807, 2.05) is 5.38 Å². The van der Waals surface area contributed by atoms with Gasteiger partial charge in [0.25, 0.3) is 0 Å². The van der Waals surface area contributed by atoms with Crippen LogP contribution in [0.4, 0.5) is 15.2 Å². The Hall–Kier alpha value is -1.95. The monoisotopic (exact) mass is 294 g/mol. The number of rotatable bonds is 5. The van der Waals surface area contributed by atoms with Crippen LogP contribution < -0.4 is 5.32 Å². The molecule has 1 aromatic carbocycles. The van der Waals surface area contributed by atoms with E-state index in [1.165, 1.54) is 24.5 Å². The molecule has 0 fully saturated rings. The number of hydrogen-bond acceptors (Lipinski definition) is 5. The molecule has 20 heavy (non-hydrogen) atoms. The van der Waals surface area contributed by atoms with Crippen LogP contribution in [0.1, 0.15) is 17.7 Å². The number of benzene rings is 1. The molecule has 0 saturated heterocycles. The van der Waals surface area contributed by atoms with Gasteiger partial charge in [0.1, 0.15) is 5.82 Å². The summed E-state index contributed by atoms with van der Waals surface area (Å²) in [6.07, 6.45) is 0.864. The molecule has 0 amide bonds. The van der Waals surface area contributed by atoms with Gasteiger partial charge in [-0.2, -0.15) is 0 Å². The topological polar surface area (TPSA) is 51.2 Å². The van der Waals surface area contributed by atoms with Gasteiger partial charge in [0.2, 0.25) is 0 Å². The van der Waals surface area contributed by atoms with Crippen LogP contribution in [0, 0.1) is 12.7 Å². The zero-order valence-corrected chi connectivity index (χ0v) is 12.1. The first-order valence-corrected chi connectivity index (χ1v) is 7.01. The molecule has 0 aliphatic carbocycles. The second-order valence-electron chi connectivity index (χ2n) is 4.31. The van der Waals surface area contributed by atoms with E-state index in [-0.39, 0.29) is 11.8 Å². The van der Waals surface area contributed by atoms with Crippen LogP contribution in [0.5, 0.6) is 0 Å². The third kappa shape index (κ3) is 3.77. The number of carbonyl (C=O) groups is 1. The predicted molar refractivity (Wildman–Crippen MR) is 76.9 cm³/mol. The van der Waals surface area contributed by atoms with Gasteiger partial charge >= 0.3 is 5.97 Å². The Morgan fingerprint density at radius 3 is 3.00 bits per heavy atom. The van der Waals surface area contributed by atoms with E-state index < -0.39 is 0 Å². The predicted octanol–water partition coefficient (Wildman–Crippen LogP) is 3.44. The quantitative estimate of drug-likeness (QED) is 0.858. The maximum absolute atomic E-state index is 13.2. The van der Waals surface area contributed by atoms with Crippen LogP contribution >= 0.6 is 11.3 Å². The molecule has 106 valence electrons. The fraction of sp³-hybridized carbons (Fsp3) is 0.286. The molecule has 1 heterocycles. The van der Waals surface area contributed by atoms with Crippen molar-refractivity contribution >= 4 is 28.1 Å². The SMILES string of the molecule is COC(=O)CCc1csc(Nc2ccc(F)c(C)c2)n1. The number of hydrogen-bond donors (Lipinski definition) is 1. The van der Waals surface area contributed by atoms with Gasteiger partial charge in [-0.25, -0.2) is 9.37 Å². The minimum Gasteiger partial charge on any atom is -0.469 e. The van der Waals surface area contributed by atoms with Crippen LogP contribution in [0.15, 0.2) is 23.6 Å². The summed E-state index contributed by atoms with van der Waals surface area (Å²) in [6, 6.07) is 4.81. The third-order valence-corrected chi connectivity index (χ3v) is 3.58. The molecular weight excluding hydrogens is 279 g/mol. The number of ether oxygens (including phenoxy) is 1. The van der Waals surface area contributed by atoms with Crippen molar-refractivity contribution in [3.63, 3.8) is 0 Å². The number of aryl methyl sites for hydroxylation is 2. The van der Waals surface area contributed by atoms with E-state index in [1.54, 1.807) is 19.1 Å². The van der Waals surface area contributed by atoms with E-state index in [0.29, 0.717) is 18.4 Å². The van der Waals surface area contributed by atoms with Crippen molar-refractivity contribution in [2.24, 2.45) is 0 Å². The summed E-state index contributed by atoms with van der Waals surface area (Å²) in [4.78, 5) is 15.4. The largest absolute Gasteiger partial charge is 0.469 e. The standard InChI is InChI=1S/C14H15FN2O2S/c1-9-7-10(3-5-12(9)15)16-14-17-11(8-20-14)4-6-13(18)19-2/h3,5,7-8H,4,6H2,1-2H3,(H,16,17). The summed E-state index contributed by atoms with van der Waals surface area (Å²) in [5.74, 6) is -0.477. The van der Waals surface area contributed by atoms with E-state index in [0.717, 1.165) is 16.5 Å². The summed E-state index contributed by atoms with van der Waals surface area (Å²) in [5, 5.41) is 5.73. The lowest BCUT2D eigenvalue weighted by Gasteiger charge is -2.04. The van der Waals surface area contributed by atoms with Crippen LogP contribution in [0.3, 0.4) is 0 Å². The maximum Gasteiger partial charge on any atom is 0.305 e. The second-order valence-corrected chi connectivity index (χ2v) is 5.17. The molecule has 4 nitrogen and oxygen atoms in total. The van der Waals surface area contributed by atoms with E-state index in [2.05, 4.69) is 15.0 Å². The molecule has 2 rings (SSSR count). The molecule has 0 bridgehead atoms. The van der Waals surface area contributed by atoms with Crippen molar-refractivity contribution in [2.75, 3.05) is 12.4 Å². The Morgan fingerprint density at radius 2 is 2.30 bits per heavy atom. The molecule has 0 atom stereocenters. The molecule has 6 heteroatoms. The molecule has 0 unspecified atom stereocenters. The third-order valence-electron chi connectivity index (χ3n) is 2.77. The van der Waals surface area contributed by atoms with Gasteiger partial charge in [-0.15, -0.1) is 11.3 Å². The summed E-state index contributed by atoms with van der Waals surface area (Å²) in [6.45, 7) is 1.71. The van der Waals surface area contributed by atoms with Crippen molar-refractivity contribution in [1.29, 1.82) is 0 Å². The van der Waals surface area contributed by atoms with Gasteiger partial charge < -0.3 is 10.1 Å². The number of nitrogens with zero attached hydrogens (tertiary/aromatic N) is 1. The lowest BCUT2D eigenvalue weighted by molar-refractivity contribution is -0.140. The number of nitrogens with one attached hydrogen (secondary N) is 1. The summed E-state index contributed by atoms with van der Waals surface area (Å²) in [7, 11) is 1.37. The highest BCUT2D eigenvalue weighted by Crippen LogP contribution is 2.23. The minimum atomic E-state index is -0.248. The fourth-order valence-electron chi connectivity index (χ4n) is 1.66. The Labute approximate surface area is 120 Å². The highest BCUT2D eigenvalue weighted by atomic mass is 32.1. The first-order chi connectivity index (χ1) is 9.58. The Morgan fingerprint density at radius 1 is 1.50 bits per heavy atom. The van der Waals surface area contributed by atoms with Crippen molar-refractivity contribution in [3.8, 4) is 0 Å². The zero-order valence-electron chi connectivity index (χ0n) is 11.3. The van der Waals surface area contributed by atoms with E-state index in [9.17, 15) is 9.18 Å². The number of halogens is 1. The molecule has 1 N–H and O–H groups in total. The second kappa shape index (κ2) is 6.47. The van der Waals surface area contributed by atoms with Gasteiger partial charge in [0, 0.05) is 17.5 Å². The lowest BCUT2D eigenvalue weighted by atomic mass is 10.2. The van der Waals surface area contributed by atoms with Crippen LogP contribution in [-0.2, 0) is 16.0 Å². The van der Waals surface area contributed by atoms with Crippen LogP contribution in [0.25, 0.3) is 0 Å². The van der Waals surface area contributed by atoms with Gasteiger partial charge in [-0.1, -0.05) is 0 Å². The van der Waals surface area contributed by atoms with Gasteiger partial charge in [-0.3, -0.25) is 4.79 Å². The smallest absolute Gasteiger partial charge is 0.305 e. The average molecular weight is 294 g/mol. The highest BCUT2D eigenvalue weighted by Gasteiger charge is 2.06. The molecule has 0 aliphatic rings. The van der Waals surface area contributed by atoms with Crippen molar-refractivity contribution in [1.82, 2.24) is 4.98 Å². The molecule has 0 spiro atoms. The van der Waals surface area contributed by atoms with Crippen molar-refractivity contribution in [2.45, 2.75) is 19.8 Å². The van der Waals surface area contributed by atoms with Crippen molar-refractivity contribution < 1.29 is 13.9 Å². The van der Waals surface area contributed by atoms with Gasteiger partial charge in [-0.05, 0) is 30.7 Å². The summed E-state index contributed by atoms with van der Waals surface area (Å²) < 4.78 is 17.8. The lowest BCUT2D eigenvalue weighted by Crippen LogP contribution is -2.02. The molecule has 0 aliphatic heterocycles. The average Bonchev–Trinajstić information content (AvgIpc) is 2.88. The zero-order chi connectivity index (χ0) is 14.5. The molecule has 0 saturated carbocycles. The number of methoxy groups -OCH3 is 1. The minimum absolute atomic E-state index is 0.228. The Bertz CT molecular complexity index is 613. The van der Waals surface area contributed by atoms with E-state index in [4.69, 9.17) is 0 Å².